The molecular formula is C15H21ClN2O2. The zero-order chi connectivity index (χ0) is 14.9. The fourth-order valence-corrected chi connectivity index (χ4v) is 2.72. The van der Waals surface area contributed by atoms with Crippen molar-refractivity contribution in [2.24, 2.45) is 0 Å². The highest BCUT2D eigenvalue weighted by Crippen LogP contribution is 2.34. The molecule has 0 aliphatic carbocycles. The van der Waals surface area contributed by atoms with Gasteiger partial charge in [0.15, 0.2) is 0 Å². The van der Waals surface area contributed by atoms with Crippen LogP contribution in [0.4, 0.5) is 4.79 Å². The van der Waals surface area contributed by atoms with Crippen molar-refractivity contribution in [1.29, 1.82) is 0 Å². The third-order valence-electron chi connectivity index (χ3n) is 3.36. The van der Waals surface area contributed by atoms with E-state index < -0.39 is 5.60 Å². The lowest BCUT2D eigenvalue weighted by molar-refractivity contribution is 0.0224. The number of nitrogens with zero attached hydrogens (tertiary/aromatic N) is 2. The molecule has 5 heteroatoms. The Labute approximate surface area is 125 Å². The summed E-state index contributed by atoms with van der Waals surface area (Å²) in [5, 5.41) is 0.480. The number of carbonyl (C=O) groups excluding carboxylic acids is 1. The Balaban J connectivity index is 2.21. The summed E-state index contributed by atoms with van der Waals surface area (Å²) in [6, 6.07) is 1.87. The van der Waals surface area contributed by atoms with Crippen LogP contribution in [-0.2, 0) is 4.74 Å². The molecule has 1 atom stereocenters. The molecule has 1 saturated heterocycles. The predicted molar refractivity (Wildman–Crippen MR) is 78.9 cm³/mol. The molecule has 110 valence electrons. The van der Waals surface area contributed by atoms with Gasteiger partial charge in [-0.1, -0.05) is 11.6 Å². The standard InChI is InChI=1S/C15H21ClN2O2/c1-10-8-13(16)17-9-11(10)12-6-5-7-18(12)14(19)20-15(2,3)4/h8-9,12H,5-7H2,1-4H3/t12-/m1/s1. The monoisotopic (exact) mass is 296 g/mol. The number of hydrogen-bond acceptors (Lipinski definition) is 3. The van der Waals surface area contributed by atoms with Crippen molar-refractivity contribution in [3.63, 3.8) is 0 Å². The van der Waals surface area contributed by atoms with Crippen LogP contribution in [0.2, 0.25) is 5.15 Å². The first-order chi connectivity index (χ1) is 9.28. The average Bonchev–Trinajstić information content (AvgIpc) is 2.75. The summed E-state index contributed by atoms with van der Waals surface area (Å²) in [6.45, 7) is 8.36. The van der Waals surface area contributed by atoms with Gasteiger partial charge in [0, 0.05) is 12.7 Å². The topological polar surface area (TPSA) is 42.4 Å². The highest BCUT2D eigenvalue weighted by atomic mass is 35.5. The molecule has 20 heavy (non-hydrogen) atoms. The minimum atomic E-state index is -0.475. The third kappa shape index (κ3) is 3.42. The van der Waals surface area contributed by atoms with Crippen molar-refractivity contribution in [2.75, 3.05) is 6.54 Å². The zero-order valence-corrected chi connectivity index (χ0v) is 13.2. The molecule has 1 aromatic rings. The summed E-state index contributed by atoms with van der Waals surface area (Å²) in [6.07, 6.45) is 3.43. The van der Waals surface area contributed by atoms with Crippen molar-refractivity contribution >= 4 is 17.7 Å². The van der Waals surface area contributed by atoms with Crippen LogP contribution in [0.3, 0.4) is 0 Å². The Morgan fingerprint density at radius 2 is 2.20 bits per heavy atom. The highest BCUT2D eigenvalue weighted by Gasteiger charge is 2.33. The summed E-state index contributed by atoms with van der Waals surface area (Å²) in [4.78, 5) is 18.2. The van der Waals surface area contributed by atoms with Gasteiger partial charge in [0.05, 0.1) is 6.04 Å². The molecule has 0 saturated carbocycles. The second kappa shape index (κ2) is 5.60. The van der Waals surface area contributed by atoms with E-state index in [1.807, 2.05) is 33.8 Å². The Bertz CT molecular complexity index is 511. The molecule has 1 aliphatic heterocycles. The first-order valence-electron chi connectivity index (χ1n) is 6.89. The van der Waals surface area contributed by atoms with E-state index in [-0.39, 0.29) is 12.1 Å². The van der Waals surface area contributed by atoms with Gasteiger partial charge in [-0.15, -0.1) is 0 Å². The normalized spacial score (nSPS) is 19.2. The zero-order valence-electron chi connectivity index (χ0n) is 12.4. The lowest BCUT2D eigenvalue weighted by atomic mass is 10.0. The molecule has 2 heterocycles. The second-order valence-electron chi connectivity index (χ2n) is 6.20. The van der Waals surface area contributed by atoms with E-state index in [0.717, 1.165) is 30.5 Å². The maximum atomic E-state index is 12.3. The van der Waals surface area contributed by atoms with Gasteiger partial charge in [0.2, 0.25) is 0 Å². The van der Waals surface area contributed by atoms with Gasteiger partial charge in [0.1, 0.15) is 10.8 Å². The van der Waals surface area contributed by atoms with Crippen LogP contribution in [0.5, 0.6) is 0 Å². The quantitative estimate of drug-likeness (QED) is 0.732. The third-order valence-corrected chi connectivity index (χ3v) is 3.56. The van der Waals surface area contributed by atoms with Crippen LogP contribution >= 0.6 is 11.6 Å². The van der Waals surface area contributed by atoms with Gasteiger partial charge in [-0.25, -0.2) is 9.78 Å². The summed E-state index contributed by atoms with van der Waals surface area (Å²) < 4.78 is 5.48. The van der Waals surface area contributed by atoms with Gasteiger partial charge in [-0.3, -0.25) is 0 Å². The van der Waals surface area contributed by atoms with Crippen molar-refractivity contribution in [3.05, 3.63) is 28.5 Å². The van der Waals surface area contributed by atoms with E-state index in [1.165, 1.54) is 0 Å². The SMILES string of the molecule is Cc1cc(Cl)ncc1[C@H]1CCCN1C(=O)OC(C)(C)C. The Morgan fingerprint density at radius 1 is 1.50 bits per heavy atom. The van der Waals surface area contributed by atoms with Gasteiger partial charge >= 0.3 is 6.09 Å². The molecule has 1 aromatic heterocycles. The summed E-state index contributed by atoms with van der Waals surface area (Å²) in [5.74, 6) is 0. The van der Waals surface area contributed by atoms with Gasteiger partial charge < -0.3 is 9.64 Å². The minimum absolute atomic E-state index is 0.0367. The maximum Gasteiger partial charge on any atom is 0.410 e. The van der Waals surface area contributed by atoms with Crippen LogP contribution in [0.1, 0.15) is 50.8 Å². The smallest absolute Gasteiger partial charge is 0.410 e. The lowest BCUT2D eigenvalue weighted by Crippen LogP contribution is -2.36. The summed E-state index contributed by atoms with van der Waals surface area (Å²) in [5.41, 5.74) is 1.64. The molecule has 4 nitrogen and oxygen atoms in total. The number of pyridine rings is 1. The highest BCUT2D eigenvalue weighted by molar-refractivity contribution is 6.29. The van der Waals surface area contributed by atoms with Crippen molar-refractivity contribution in [2.45, 2.75) is 52.2 Å². The second-order valence-corrected chi connectivity index (χ2v) is 6.58. The number of aromatic nitrogens is 1. The van der Waals surface area contributed by atoms with Crippen LogP contribution in [0, 0.1) is 6.92 Å². The number of hydrogen-bond donors (Lipinski definition) is 0. The molecule has 0 N–H and O–H groups in total. The first kappa shape index (κ1) is 15.1. The molecule has 2 rings (SSSR count). The number of likely N-dealkylation sites (tertiary alicyclic amines) is 1. The van der Waals surface area contributed by atoms with E-state index in [1.54, 1.807) is 11.1 Å². The summed E-state index contributed by atoms with van der Waals surface area (Å²) >= 11 is 5.89. The van der Waals surface area contributed by atoms with E-state index in [4.69, 9.17) is 16.3 Å². The van der Waals surface area contributed by atoms with Crippen molar-refractivity contribution in [3.8, 4) is 0 Å². The van der Waals surface area contributed by atoms with Crippen LogP contribution < -0.4 is 0 Å². The van der Waals surface area contributed by atoms with Gasteiger partial charge in [0.25, 0.3) is 0 Å². The van der Waals surface area contributed by atoms with Crippen LogP contribution in [0.25, 0.3) is 0 Å². The van der Waals surface area contributed by atoms with Gasteiger partial charge in [-0.05, 0) is 57.7 Å². The van der Waals surface area contributed by atoms with E-state index in [9.17, 15) is 4.79 Å². The Hall–Kier alpha value is -1.29. The molecular weight excluding hydrogens is 276 g/mol. The largest absolute Gasteiger partial charge is 0.444 e. The number of carbonyl (C=O) groups is 1. The number of ether oxygens (including phenoxy) is 1. The maximum absolute atomic E-state index is 12.3. The molecule has 1 fully saturated rings. The molecule has 0 spiro atoms. The number of halogens is 1. The molecule has 0 aromatic carbocycles. The van der Waals surface area contributed by atoms with E-state index >= 15 is 0 Å². The molecule has 1 aliphatic rings. The summed E-state index contributed by atoms with van der Waals surface area (Å²) in [7, 11) is 0. The van der Waals surface area contributed by atoms with Gasteiger partial charge in [-0.2, -0.15) is 0 Å². The van der Waals surface area contributed by atoms with Crippen molar-refractivity contribution < 1.29 is 9.53 Å². The number of amides is 1. The van der Waals surface area contributed by atoms with Crippen LogP contribution in [-0.4, -0.2) is 28.1 Å². The molecule has 1 amide bonds. The number of aryl methyl sites for hydroxylation is 1. The van der Waals surface area contributed by atoms with E-state index in [0.29, 0.717) is 5.15 Å². The van der Waals surface area contributed by atoms with E-state index in [2.05, 4.69) is 4.98 Å². The molecule has 0 bridgehead atoms. The minimum Gasteiger partial charge on any atom is -0.444 e. The fraction of sp³-hybridized carbons (Fsp3) is 0.600. The van der Waals surface area contributed by atoms with Crippen LogP contribution in [0.15, 0.2) is 12.3 Å². The average molecular weight is 297 g/mol. The molecule has 0 unspecified atom stereocenters. The lowest BCUT2D eigenvalue weighted by Gasteiger charge is -2.29. The Kier molecular flexibility index (Phi) is 4.23. The van der Waals surface area contributed by atoms with Crippen molar-refractivity contribution in [1.82, 2.24) is 9.88 Å². The predicted octanol–water partition coefficient (Wildman–Crippen LogP) is 4.12. The first-order valence-corrected chi connectivity index (χ1v) is 7.27. The number of rotatable bonds is 1. The fourth-order valence-electron chi connectivity index (χ4n) is 2.51. The molecule has 0 radical (unpaired) electrons. The Morgan fingerprint density at radius 3 is 2.80 bits per heavy atom.